The first-order valence-electron chi connectivity index (χ1n) is 6.74. The number of phosphoric ester groups is 1. The Morgan fingerprint density at radius 1 is 1.44 bits per heavy atom. The Kier molecular flexibility index (Phi) is 6.18. The molecule has 3 N–H and O–H groups in total. The molecule has 0 fully saturated rings. The summed E-state index contributed by atoms with van der Waals surface area (Å²) in [5, 5.41) is 6.34. The fourth-order valence-corrected chi connectivity index (χ4v) is 3.41. The summed E-state index contributed by atoms with van der Waals surface area (Å²) in [7, 11) is -4.75. The zero-order valence-corrected chi connectivity index (χ0v) is 17.0. The summed E-state index contributed by atoms with van der Waals surface area (Å²) >= 11 is 6.31. The highest BCUT2D eigenvalue weighted by molar-refractivity contribution is 9.13. The van der Waals surface area contributed by atoms with Gasteiger partial charge in [0.15, 0.2) is 11.9 Å². The number of aryl methyl sites for hydroxylation is 1. The van der Waals surface area contributed by atoms with Crippen molar-refractivity contribution in [3.63, 3.8) is 0 Å². The lowest BCUT2D eigenvalue weighted by atomic mass is 10.2. The van der Waals surface area contributed by atoms with Crippen molar-refractivity contribution in [1.82, 2.24) is 9.78 Å². The average Bonchev–Trinajstić information content (AvgIpc) is 2.77. The van der Waals surface area contributed by atoms with Crippen LogP contribution >= 0.6 is 39.7 Å². The van der Waals surface area contributed by atoms with E-state index in [0.717, 1.165) is 4.68 Å². The molecule has 0 saturated carbocycles. The normalized spacial score (nSPS) is 12.9. The topological polar surface area (TPSA) is 114 Å². The van der Waals surface area contributed by atoms with Gasteiger partial charge in [0.2, 0.25) is 0 Å². The van der Waals surface area contributed by atoms with Crippen LogP contribution in [0, 0.1) is 12.7 Å². The molecular weight excluding hydrogens is 488 g/mol. The van der Waals surface area contributed by atoms with Crippen molar-refractivity contribution in [2.75, 3.05) is 5.32 Å². The van der Waals surface area contributed by atoms with E-state index in [1.54, 1.807) is 13.0 Å². The van der Waals surface area contributed by atoms with Crippen molar-refractivity contribution < 1.29 is 28.1 Å². The van der Waals surface area contributed by atoms with Gasteiger partial charge in [0.1, 0.15) is 10.4 Å². The van der Waals surface area contributed by atoms with Gasteiger partial charge in [-0.15, -0.1) is 0 Å². The summed E-state index contributed by atoms with van der Waals surface area (Å²) in [6, 6.07) is 4.33. The monoisotopic (exact) mass is 499 g/mol. The number of carbonyl (C=O) groups is 1. The molecule has 0 saturated heterocycles. The predicted molar refractivity (Wildman–Crippen MR) is 94.6 cm³/mol. The molecule has 1 unspecified atom stereocenters. The quantitative estimate of drug-likeness (QED) is 0.539. The summed E-state index contributed by atoms with van der Waals surface area (Å²) in [4.78, 5) is 30.1. The van der Waals surface area contributed by atoms with E-state index in [9.17, 15) is 13.8 Å². The molecule has 0 aliphatic rings. The first-order valence-corrected chi connectivity index (χ1v) is 9.86. The number of nitrogens with zero attached hydrogens (tertiary/aromatic N) is 2. The minimum atomic E-state index is -4.75. The van der Waals surface area contributed by atoms with Gasteiger partial charge in [-0.2, -0.15) is 5.10 Å². The van der Waals surface area contributed by atoms with Gasteiger partial charge in [-0.1, -0.05) is 6.07 Å². The maximum atomic E-state index is 13.9. The molecule has 1 aromatic heterocycles. The molecule has 25 heavy (non-hydrogen) atoms. The number of hydrogen-bond acceptors (Lipinski definition) is 4. The maximum Gasteiger partial charge on any atom is 0.471 e. The number of anilines is 1. The van der Waals surface area contributed by atoms with Crippen molar-refractivity contribution in [3.05, 3.63) is 44.3 Å². The molecule has 0 aliphatic heterocycles. The van der Waals surface area contributed by atoms with Gasteiger partial charge in [0, 0.05) is 0 Å². The minimum Gasteiger partial charge on any atom is -0.318 e. The number of aromatic nitrogens is 2. The number of halogens is 3. The van der Waals surface area contributed by atoms with E-state index in [4.69, 9.17) is 9.79 Å². The van der Waals surface area contributed by atoms with Crippen LogP contribution in [0.3, 0.4) is 0 Å². The van der Waals surface area contributed by atoms with Crippen molar-refractivity contribution >= 4 is 51.3 Å². The molecule has 1 amide bonds. The fourth-order valence-electron chi connectivity index (χ4n) is 1.93. The molecular formula is C13H13Br2FN3O5P. The Morgan fingerprint density at radius 3 is 2.64 bits per heavy atom. The Balaban J connectivity index is 2.29. The lowest BCUT2D eigenvalue weighted by Crippen LogP contribution is -2.16. The number of hydrogen-bond donors (Lipinski definition) is 3. The minimum absolute atomic E-state index is 0.0207. The van der Waals surface area contributed by atoms with Crippen LogP contribution in [-0.4, -0.2) is 25.5 Å². The van der Waals surface area contributed by atoms with Crippen molar-refractivity contribution in [2.45, 2.75) is 20.1 Å². The van der Waals surface area contributed by atoms with E-state index in [1.807, 2.05) is 0 Å². The van der Waals surface area contributed by atoms with E-state index >= 15 is 0 Å². The number of amides is 1. The van der Waals surface area contributed by atoms with E-state index in [-0.39, 0.29) is 20.5 Å². The van der Waals surface area contributed by atoms with Crippen molar-refractivity contribution in [2.24, 2.45) is 0 Å². The van der Waals surface area contributed by atoms with Gasteiger partial charge in [0.25, 0.3) is 5.91 Å². The Hall–Kier alpha value is -1.10. The van der Waals surface area contributed by atoms with Crippen LogP contribution in [0.1, 0.15) is 29.2 Å². The highest BCUT2D eigenvalue weighted by atomic mass is 79.9. The van der Waals surface area contributed by atoms with Crippen LogP contribution in [0.2, 0.25) is 0 Å². The molecule has 0 bridgehead atoms. The number of rotatable bonds is 5. The van der Waals surface area contributed by atoms with Gasteiger partial charge in [-0.25, -0.2) is 13.6 Å². The second-order valence-electron chi connectivity index (χ2n) is 5.03. The van der Waals surface area contributed by atoms with Crippen LogP contribution in [-0.2, 0) is 9.09 Å². The van der Waals surface area contributed by atoms with Gasteiger partial charge < -0.3 is 15.1 Å². The summed E-state index contributed by atoms with van der Waals surface area (Å²) in [5.74, 6) is -1.31. The number of benzene rings is 1. The Labute approximate surface area is 158 Å². The van der Waals surface area contributed by atoms with Crippen molar-refractivity contribution in [1.29, 1.82) is 0 Å². The number of carbonyl (C=O) groups excluding carboxylic acids is 1. The van der Waals surface area contributed by atoms with Gasteiger partial charge in [-0.05, 0) is 63.4 Å². The fraction of sp³-hybridized carbons (Fsp3) is 0.231. The highest BCUT2D eigenvalue weighted by Gasteiger charge is 2.27. The van der Waals surface area contributed by atoms with E-state index in [2.05, 4.69) is 46.8 Å². The van der Waals surface area contributed by atoms with Crippen LogP contribution in [0.5, 0.6) is 0 Å². The third kappa shape index (κ3) is 4.96. The number of nitrogens with one attached hydrogen (secondary N) is 1. The summed E-state index contributed by atoms with van der Waals surface area (Å²) in [6.45, 7) is 3.05. The molecule has 136 valence electrons. The molecule has 0 spiro atoms. The lowest BCUT2D eigenvalue weighted by molar-refractivity contribution is 0.0857. The molecule has 8 nitrogen and oxygen atoms in total. The predicted octanol–water partition coefficient (Wildman–Crippen LogP) is 3.74. The molecule has 1 aromatic carbocycles. The lowest BCUT2D eigenvalue weighted by Gasteiger charge is -2.14. The van der Waals surface area contributed by atoms with Gasteiger partial charge in [-0.3, -0.25) is 9.32 Å². The van der Waals surface area contributed by atoms with Gasteiger partial charge in [0.05, 0.1) is 10.2 Å². The van der Waals surface area contributed by atoms with Crippen LogP contribution < -0.4 is 5.32 Å². The summed E-state index contributed by atoms with van der Waals surface area (Å²) in [6.07, 6.45) is -1.16. The zero-order valence-electron chi connectivity index (χ0n) is 12.9. The Bertz CT molecular complexity index is 870. The van der Waals surface area contributed by atoms with E-state index in [0.29, 0.717) is 5.56 Å². The first kappa shape index (κ1) is 20.2. The molecule has 1 atom stereocenters. The zero-order chi connectivity index (χ0) is 18.9. The van der Waals surface area contributed by atoms with Crippen LogP contribution in [0.4, 0.5) is 10.1 Å². The third-order valence-electron chi connectivity index (χ3n) is 3.02. The van der Waals surface area contributed by atoms with Crippen molar-refractivity contribution in [3.8, 4) is 0 Å². The standard InChI is InChI=1S/C13H13Br2FN3O5P/c1-6-3-4-9(8(16)5-6)17-13(20)11-10(14)12(15)19(18-11)7(2)24-25(21,22)23/h3-5,7H,1-2H3,(H,17,20)(H2,21,22,23). The molecule has 12 heteroatoms. The largest absolute Gasteiger partial charge is 0.471 e. The summed E-state index contributed by atoms with van der Waals surface area (Å²) < 4.78 is 30.8. The SMILES string of the molecule is Cc1ccc(NC(=O)c2nn(C(C)OP(=O)(O)O)c(Br)c2Br)c(F)c1. The second kappa shape index (κ2) is 7.65. The van der Waals surface area contributed by atoms with Crippen LogP contribution in [0.15, 0.2) is 27.3 Å². The highest BCUT2D eigenvalue weighted by Crippen LogP contribution is 2.42. The van der Waals surface area contributed by atoms with Crippen LogP contribution in [0.25, 0.3) is 0 Å². The molecule has 1 heterocycles. The van der Waals surface area contributed by atoms with E-state index in [1.165, 1.54) is 19.1 Å². The molecule has 2 aromatic rings. The first-order chi connectivity index (χ1) is 11.5. The average molecular weight is 501 g/mol. The Morgan fingerprint density at radius 2 is 2.08 bits per heavy atom. The van der Waals surface area contributed by atoms with Gasteiger partial charge >= 0.3 is 7.82 Å². The number of phosphoric acid groups is 1. The maximum absolute atomic E-state index is 13.9. The smallest absolute Gasteiger partial charge is 0.318 e. The third-order valence-corrected chi connectivity index (χ3v) is 5.64. The summed E-state index contributed by atoms with van der Waals surface area (Å²) in [5.41, 5.74) is 0.563. The molecule has 0 aliphatic carbocycles. The molecule has 0 radical (unpaired) electrons. The van der Waals surface area contributed by atoms with E-state index < -0.39 is 25.8 Å². The second-order valence-corrected chi connectivity index (χ2v) is 7.77. The molecule has 2 rings (SSSR count).